The molecule has 3 atom stereocenters. The summed E-state index contributed by atoms with van der Waals surface area (Å²) in [5.74, 6) is 0.508. The highest BCUT2D eigenvalue weighted by molar-refractivity contribution is 6.30. The summed E-state index contributed by atoms with van der Waals surface area (Å²) in [6.07, 6.45) is 2.82. The van der Waals surface area contributed by atoms with Gasteiger partial charge in [0.2, 0.25) is 5.91 Å². The van der Waals surface area contributed by atoms with Gasteiger partial charge in [-0.25, -0.2) is 5.06 Å². The molecule has 0 bridgehead atoms. The summed E-state index contributed by atoms with van der Waals surface area (Å²) in [7, 11) is 1.66. The van der Waals surface area contributed by atoms with E-state index in [-0.39, 0.29) is 11.9 Å². The van der Waals surface area contributed by atoms with Crippen molar-refractivity contribution in [3.63, 3.8) is 0 Å². The fourth-order valence-electron chi connectivity index (χ4n) is 5.02. The van der Waals surface area contributed by atoms with Gasteiger partial charge < -0.3 is 9.64 Å². The van der Waals surface area contributed by atoms with Gasteiger partial charge in [-0.15, -0.1) is 0 Å². The zero-order valence-corrected chi connectivity index (χ0v) is 20.0. The van der Waals surface area contributed by atoms with Gasteiger partial charge >= 0.3 is 0 Å². The Labute approximate surface area is 205 Å². The van der Waals surface area contributed by atoms with Crippen molar-refractivity contribution >= 4 is 23.2 Å². The zero-order chi connectivity index (χ0) is 23.5. The van der Waals surface area contributed by atoms with Crippen LogP contribution in [-0.2, 0) is 9.63 Å². The maximum atomic E-state index is 14.1. The Hall–Kier alpha value is -3.02. The van der Waals surface area contributed by atoms with Crippen LogP contribution in [0.5, 0.6) is 5.75 Å². The molecule has 0 aliphatic carbocycles. The van der Waals surface area contributed by atoms with Gasteiger partial charge in [0, 0.05) is 18.1 Å². The summed E-state index contributed by atoms with van der Waals surface area (Å²) >= 11 is 6.18. The van der Waals surface area contributed by atoms with Gasteiger partial charge in [-0.05, 0) is 66.8 Å². The van der Waals surface area contributed by atoms with Crippen LogP contribution in [0.15, 0.2) is 78.9 Å². The van der Waals surface area contributed by atoms with Crippen LogP contribution in [-0.4, -0.2) is 31.0 Å². The lowest BCUT2D eigenvalue weighted by Gasteiger charge is -2.33. The van der Waals surface area contributed by atoms with Crippen molar-refractivity contribution in [2.24, 2.45) is 5.92 Å². The number of hydrogen-bond acceptors (Lipinski definition) is 4. The number of benzene rings is 3. The normalized spacial score (nSPS) is 22.6. The molecule has 3 aromatic carbocycles. The molecule has 176 valence electrons. The lowest BCUT2D eigenvalue weighted by Crippen LogP contribution is -2.42. The monoisotopic (exact) mass is 476 g/mol. The summed E-state index contributed by atoms with van der Waals surface area (Å²) < 4.78 is 5.38. The zero-order valence-electron chi connectivity index (χ0n) is 19.3. The first-order valence-electron chi connectivity index (χ1n) is 11.8. The standard InChI is InChI=1S/C28H29ClN2O3/c1-33-24-16-12-20(13-17-24)26-25(28(32)30-18-6-3-7-19-30)27(21-10-14-22(29)15-11-21)34-31(26)23-8-4-2-5-9-23/h2,4-5,8-17,25-27H,3,6-7,18-19H2,1H3/t25-,26-,27+/m0/s1. The van der Waals surface area contributed by atoms with Crippen molar-refractivity contribution < 1.29 is 14.4 Å². The Morgan fingerprint density at radius 2 is 1.53 bits per heavy atom. The molecule has 1 amide bonds. The molecule has 6 heteroatoms. The number of ether oxygens (including phenoxy) is 1. The summed E-state index contributed by atoms with van der Waals surface area (Å²) in [5, 5.41) is 2.57. The van der Waals surface area contributed by atoms with Crippen LogP contribution >= 0.6 is 11.6 Å². The first-order chi connectivity index (χ1) is 16.7. The average Bonchev–Trinajstić information content (AvgIpc) is 3.30. The number of likely N-dealkylation sites (tertiary alicyclic amines) is 1. The molecule has 2 saturated heterocycles. The summed E-state index contributed by atoms with van der Waals surface area (Å²) in [6.45, 7) is 1.59. The van der Waals surface area contributed by atoms with Crippen LogP contribution in [0.2, 0.25) is 5.02 Å². The Morgan fingerprint density at radius 3 is 2.18 bits per heavy atom. The van der Waals surface area contributed by atoms with Crippen molar-refractivity contribution in [1.29, 1.82) is 0 Å². The number of hydrogen-bond donors (Lipinski definition) is 0. The van der Waals surface area contributed by atoms with E-state index in [1.807, 2.05) is 88.8 Å². The number of anilines is 1. The first kappa shape index (κ1) is 22.8. The van der Waals surface area contributed by atoms with E-state index >= 15 is 0 Å². The number of rotatable bonds is 5. The van der Waals surface area contributed by atoms with Crippen LogP contribution in [0.3, 0.4) is 0 Å². The minimum absolute atomic E-state index is 0.138. The van der Waals surface area contributed by atoms with Gasteiger partial charge in [0.15, 0.2) is 0 Å². The number of nitrogens with zero attached hydrogens (tertiary/aromatic N) is 2. The van der Waals surface area contributed by atoms with Gasteiger partial charge in [-0.3, -0.25) is 9.63 Å². The molecule has 5 nitrogen and oxygen atoms in total. The van der Waals surface area contributed by atoms with E-state index < -0.39 is 12.0 Å². The number of para-hydroxylation sites is 1. The summed E-state index contributed by atoms with van der Waals surface area (Å²) in [4.78, 5) is 22.8. The summed E-state index contributed by atoms with van der Waals surface area (Å²) in [5.41, 5.74) is 2.87. The topological polar surface area (TPSA) is 42.0 Å². The van der Waals surface area contributed by atoms with E-state index in [1.54, 1.807) is 7.11 Å². The molecule has 0 aromatic heterocycles. The molecule has 0 spiro atoms. The van der Waals surface area contributed by atoms with Crippen molar-refractivity contribution in [1.82, 2.24) is 4.90 Å². The Bertz CT molecular complexity index is 1100. The SMILES string of the molecule is COc1ccc([C@H]2[C@H](C(=O)N3CCCCC3)[C@@H](c3ccc(Cl)cc3)ON2c2ccccc2)cc1. The quantitative estimate of drug-likeness (QED) is 0.439. The Balaban J connectivity index is 1.62. The third-order valence-corrected chi connectivity index (χ3v) is 7.02. The second-order valence-electron chi connectivity index (χ2n) is 8.87. The summed E-state index contributed by atoms with van der Waals surface area (Å²) in [6, 6.07) is 25.3. The van der Waals surface area contributed by atoms with Gasteiger partial charge in [-0.1, -0.05) is 54.1 Å². The molecule has 34 heavy (non-hydrogen) atoms. The predicted molar refractivity (Wildman–Crippen MR) is 134 cm³/mol. The number of piperidine rings is 1. The third-order valence-electron chi connectivity index (χ3n) is 6.77. The van der Waals surface area contributed by atoms with Crippen LogP contribution < -0.4 is 9.80 Å². The number of amides is 1. The molecule has 2 heterocycles. The molecule has 3 aromatic rings. The van der Waals surface area contributed by atoms with E-state index in [2.05, 4.69) is 0 Å². The van der Waals surface area contributed by atoms with E-state index in [1.165, 1.54) is 6.42 Å². The first-order valence-corrected chi connectivity index (χ1v) is 12.2. The lowest BCUT2D eigenvalue weighted by molar-refractivity contribution is -0.138. The second kappa shape index (κ2) is 10.1. The maximum absolute atomic E-state index is 14.1. The minimum Gasteiger partial charge on any atom is -0.497 e. The molecule has 0 N–H and O–H groups in total. The maximum Gasteiger partial charge on any atom is 0.231 e. The predicted octanol–water partition coefficient (Wildman–Crippen LogP) is 6.21. The van der Waals surface area contributed by atoms with Crippen molar-refractivity contribution in [2.75, 3.05) is 25.3 Å². The Kier molecular flexibility index (Phi) is 6.75. The lowest BCUT2D eigenvalue weighted by atomic mass is 9.84. The van der Waals surface area contributed by atoms with Crippen molar-refractivity contribution in [3.05, 3.63) is 95.0 Å². The van der Waals surface area contributed by atoms with Crippen LogP contribution in [0, 0.1) is 5.92 Å². The Morgan fingerprint density at radius 1 is 0.882 bits per heavy atom. The molecule has 2 aliphatic heterocycles. The smallest absolute Gasteiger partial charge is 0.231 e. The molecule has 2 aliphatic rings. The minimum atomic E-state index is -0.431. The number of halogens is 1. The van der Waals surface area contributed by atoms with Crippen molar-refractivity contribution in [2.45, 2.75) is 31.4 Å². The highest BCUT2D eigenvalue weighted by atomic mass is 35.5. The highest BCUT2D eigenvalue weighted by Crippen LogP contribution is 2.50. The molecular formula is C28H29ClN2O3. The fourth-order valence-corrected chi connectivity index (χ4v) is 5.14. The van der Waals surface area contributed by atoms with E-state index in [4.69, 9.17) is 21.2 Å². The van der Waals surface area contributed by atoms with Crippen LogP contribution in [0.25, 0.3) is 0 Å². The van der Waals surface area contributed by atoms with Gasteiger partial charge in [-0.2, -0.15) is 0 Å². The largest absolute Gasteiger partial charge is 0.497 e. The van der Waals surface area contributed by atoms with E-state index in [0.717, 1.165) is 48.5 Å². The number of hydroxylamine groups is 1. The molecule has 0 saturated carbocycles. The molecule has 0 radical (unpaired) electrons. The van der Waals surface area contributed by atoms with Crippen molar-refractivity contribution in [3.8, 4) is 5.75 Å². The average molecular weight is 477 g/mol. The molecule has 5 rings (SSSR count). The number of methoxy groups -OCH3 is 1. The fraction of sp³-hybridized carbons (Fsp3) is 0.321. The molecule has 0 unspecified atom stereocenters. The van der Waals surface area contributed by atoms with E-state index in [0.29, 0.717) is 5.02 Å². The van der Waals surface area contributed by atoms with Gasteiger partial charge in [0.05, 0.1) is 24.8 Å². The van der Waals surface area contributed by atoms with E-state index in [9.17, 15) is 4.79 Å². The third kappa shape index (κ3) is 4.50. The highest BCUT2D eigenvalue weighted by Gasteiger charge is 2.50. The second-order valence-corrected chi connectivity index (χ2v) is 9.31. The number of carbonyl (C=O) groups excluding carboxylic acids is 1. The van der Waals surface area contributed by atoms with Gasteiger partial charge in [0.25, 0.3) is 0 Å². The van der Waals surface area contributed by atoms with Crippen LogP contribution in [0.4, 0.5) is 5.69 Å². The molecule has 2 fully saturated rings. The van der Waals surface area contributed by atoms with Crippen LogP contribution in [0.1, 0.15) is 42.5 Å². The number of carbonyl (C=O) groups is 1. The molecular weight excluding hydrogens is 448 g/mol. The van der Waals surface area contributed by atoms with Gasteiger partial charge in [0.1, 0.15) is 11.9 Å².